The minimum atomic E-state index is -0.861. The van der Waals surface area contributed by atoms with Crippen molar-refractivity contribution in [2.45, 2.75) is 73.9 Å². The zero-order valence-corrected chi connectivity index (χ0v) is 29.5. The summed E-state index contributed by atoms with van der Waals surface area (Å²) < 4.78 is 0. The van der Waals surface area contributed by atoms with E-state index in [4.69, 9.17) is 26.6 Å². The summed E-state index contributed by atoms with van der Waals surface area (Å²) in [4.78, 5) is 14.3. The van der Waals surface area contributed by atoms with Crippen LogP contribution in [0.5, 0.6) is 0 Å². The van der Waals surface area contributed by atoms with Crippen LogP contribution in [0, 0.1) is 33.9 Å². The van der Waals surface area contributed by atoms with Crippen LogP contribution in [0.25, 0.3) is 0 Å². The van der Waals surface area contributed by atoms with Crippen molar-refractivity contribution in [2.75, 3.05) is 0 Å². The fourth-order valence-corrected chi connectivity index (χ4v) is 3.30. The normalized spacial score (nSPS) is 11.9. The third kappa shape index (κ3) is 15.5. The molecule has 0 N–H and O–H groups in total. The van der Waals surface area contributed by atoms with Gasteiger partial charge in [-0.3, -0.25) is 4.99 Å². The monoisotopic (exact) mass is 619 g/mol. The van der Waals surface area contributed by atoms with E-state index in [0.29, 0.717) is 5.02 Å². The van der Waals surface area contributed by atoms with Crippen molar-refractivity contribution in [1.82, 2.24) is 4.98 Å². The van der Waals surface area contributed by atoms with E-state index in [-0.39, 0.29) is 17.1 Å². The number of rotatable bonds is 4. The molecule has 0 fully saturated rings. The largest absolute Gasteiger partial charge is 2.00 e. The summed E-state index contributed by atoms with van der Waals surface area (Å²) in [6.07, 6.45) is 0. The molecular weight excluding hydrogens is 574 g/mol. The summed E-state index contributed by atoms with van der Waals surface area (Å²) in [5.41, 5.74) is 8.48. The maximum atomic E-state index is 6.32. The Hall–Kier alpha value is -1.83. The van der Waals surface area contributed by atoms with Gasteiger partial charge in [0, 0.05) is 0 Å². The molecule has 3 rings (SSSR count). The summed E-state index contributed by atoms with van der Waals surface area (Å²) in [6.45, 7) is 31.2. The van der Waals surface area contributed by atoms with Gasteiger partial charge in [-0.05, 0) is 69.5 Å². The van der Waals surface area contributed by atoms with Gasteiger partial charge in [-0.15, -0.1) is 16.1 Å². The maximum absolute atomic E-state index is 6.32. The molecule has 0 aliphatic rings. The maximum Gasteiger partial charge on any atom is 2.00 e. The summed E-state index contributed by atoms with van der Waals surface area (Å²) in [6, 6.07) is 17.9. The molecule has 0 saturated carbocycles. The van der Waals surface area contributed by atoms with Gasteiger partial charge in [0.1, 0.15) is 0 Å². The van der Waals surface area contributed by atoms with Crippen LogP contribution < -0.4 is 0 Å². The van der Waals surface area contributed by atoms with E-state index >= 15 is 0 Å². The molecule has 2 aromatic carbocycles. The van der Waals surface area contributed by atoms with E-state index < -0.39 is 16.1 Å². The molecule has 0 aliphatic heterocycles. The molecule has 3 aromatic rings. The minimum absolute atomic E-state index is 0. The Morgan fingerprint density at radius 1 is 0.641 bits per heavy atom. The van der Waals surface area contributed by atoms with Crippen LogP contribution in [0.2, 0.25) is 44.3 Å². The van der Waals surface area contributed by atoms with Crippen LogP contribution in [-0.2, 0) is 17.1 Å². The van der Waals surface area contributed by atoms with Crippen molar-refractivity contribution in [3.8, 4) is 0 Å². The number of pyridine rings is 1. The van der Waals surface area contributed by atoms with Gasteiger partial charge in [0.05, 0.1) is 39.2 Å². The summed E-state index contributed by atoms with van der Waals surface area (Å²) in [5, 5.41) is 0.642. The minimum Gasteiger partial charge on any atom is -0.342 e. The Morgan fingerprint density at radius 2 is 0.949 bits per heavy atom. The van der Waals surface area contributed by atoms with Crippen LogP contribution in [0.4, 0.5) is 11.4 Å². The van der Waals surface area contributed by atoms with Crippen LogP contribution in [0.15, 0.2) is 64.6 Å². The molecule has 3 nitrogen and oxygen atoms in total. The number of aryl methyl sites for hydroxylation is 3. The number of para-hydroxylation sites is 2. The van der Waals surface area contributed by atoms with E-state index in [9.17, 15) is 0 Å². The van der Waals surface area contributed by atoms with Gasteiger partial charge in [-0.2, -0.15) is 0 Å². The second kappa shape index (κ2) is 16.4. The van der Waals surface area contributed by atoms with Crippen molar-refractivity contribution in [1.29, 1.82) is 0 Å². The summed E-state index contributed by atoms with van der Waals surface area (Å²) in [5.74, 6) is 0. The zero-order valence-electron chi connectivity index (χ0n) is 25.7. The van der Waals surface area contributed by atoms with E-state index in [2.05, 4.69) is 84.4 Å². The molecule has 0 atom stereocenters. The average molecular weight is 620 g/mol. The Bertz CT molecular complexity index is 1130. The first kappa shape index (κ1) is 37.2. The molecule has 0 spiro atoms. The van der Waals surface area contributed by atoms with Gasteiger partial charge >= 0.3 is 17.1 Å². The third-order valence-electron chi connectivity index (χ3n) is 4.68. The van der Waals surface area contributed by atoms with Crippen molar-refractivity contribution in [3.05, 3.63) is 101 Å². The van der Waals surface area contributed by atoms with Crippen LogP contribution in [0.1, 0.15) is 41.9 Å². The number of hydrogen-bond acceptors (Lipinski definition) is 3. The first-order valence-corrected chi connectivity index (χ1v) is 20.8. The predicted molar refractivity (Wildman–Crippen MR) is 177 cm³/mol. The quantitative estimate of drug-likeness (QED) is 0.163. The fraction of sp³-hybridized carbons (Fsp3) is 0.344. The first-order chi connectivity index (χ1) is 17.4. The third-order valence-corrected chi connectivity index (χ3v) is 4.98. The SMILES string of the molecule is CC(=Nc1c(C)cccc1C)c1cccc(C(C)=Nc2c(C)cccc2Cl)n1.[CH2-][Si](C)(C)C.[CH2-][Si](C)(C)C.[Fe+2]. The molecule has 0 amide bonds. The fourth-order valence-electron chi connectivity index (χ4n) is 3.03. The van der Waals surface area contributed by atoms with E-state index in [1.54, 1.807) is 0 Å². The topological polar surface area (TPSA) is 37.6 Å². The van der Waals surface area contributed by atoms with Crippen molar-refractivity contribution >= 4 is 50.5 Å². The molecule has 0 bridgehead atoms. The van der Waals surface area contributed by atoms with E-state index in [1.807, 2.05) is 57.2 Å². The molecule has 0 radical (unpaired) electrons. The number of nitrogens with zero attached hydrogens (tertiary/aromatic N) is 3. The second-order valence-electron chi connectivity index (χ2n) is 12.1. The first-order valence-electron chi connectivity index (χ1n) is 13.0. The molecule has 7 heteroatoms. The molecule has 39 heavy (non-hydrogen) atoms. The van der Waals surface area contributed by atoms with Gasteiger partial charge in [0.25, 0.3) is 0 Å². The van der Waals surface area contributed by atoms with Gasteiger partial charge in [-0.1, -0.05) is 87.3 Å². The number of hydrogen-bond donors (Lipinski definition) is 0. The van der Waals surface area contributed by atoms with Crippen molar-refractivity contribution in [2.24, 2.45) is 9.98 Å². The Labute approximate surface area is 256 Å². The predicted octanol–water partition coefficient (Wildman–Crippen LogP) is 10.3. The smallest absolute Gasteiger partial charge is 0.342 e. The molecule has 1 aromatic heterocycles. The number of halogens is 1. The van der Waals surface area contributed by atoms with E-state index in [0.717, 1.165) is 50.9 Å². The van der Waals surface area contributed by atoms with Crippen LogP contribution in [0.3, 0.4) is 0 Å². The van der Waals surface area contributed by atoms with Crippen LogP contribution in [-0.4, -0.2) is 32.6 Å². The van der Waals surface area contributed by atoms with E-state index in [1.165, 1.54) is 0 Å². The van der Waals surface area contributed by atoms with Gasteiger partial charge in [0.2, 0.25) is 0 Å². The summed E-state index contributed by atoms with van der Waals surface area (Å²) in [7, 11) is -1.72. The number of aliphatic imine (C=N–C) groups is 2. The van der Waals surface area contributed by atoms with Gasteiger partial charge in [-0.25, -0.2) is 9.98 Å². The zero-order chi connectivity index (χ0) is 29.3. The molecule has 1 heterocycles. The molecular formula is C32H46ClFeN3Si2. The number of benzene rings is 2. The molecule has 212 valence electrons. The molecule has 0 aliphatic carbocycles. The summed E-state index contributed by atoms with van der Waals surface area (Å²) >= 11 is 6.32. The van der Waals surface area contributed by atoms with Gasteiger partial charge in [0.15, 0.2) is 0 Å². The second-order valence-corrected chi connectivity index (χ2v) is 22.7. The molecule has 0 unspecified atom stereocenters. The number of aromatic nitrogens is 1. The van der Waals surface area contributed by atoms with Crippen LogP contribution >= 0.6 is 11.6 Å². The Morgan fingerprint density at radius 3 is 1.33 bits per heavy atom. The molecule has 0 saturated heterocycles. The standard InChI is InChI=1S/C24H24ClN3.2C4H11Si.Fe/c1-15-9-6-10-16(2)23(15)26-18(4)21-13-8-14-22(28-21)19(5)27-24-17(3)11-7-12-20(24)25;2*1-5(2,3)4;/h6-14H,1-5H3;2*1H2,2-4H3;/q;2*-1;+2. The van der Waals surface area contributed by atoms with Gasteiger partial charge < -0.3 is 13.1 Å². The van der Waals surface area contributed by atoms with Crippen molar-refractivity contribution in [3.63, 3.8) is 0 Å². The average Bonchev–Trinajstić information content (AvgIpc) is 2.76. The van der Waals surface area contributed by atoms with Crippen molar-refractivity contribution < 1.29 is 17.1 Å². The Kier molecular flexibility index (Phi) is 15.7. The Balaban J connectivity index is 0.00000113.